The Morgan fingerprint density at radius 2 is 1.96 bits per heavy atom. The number of benzene rings is 1. The summed E-state index contributed by atoms with van der Waals surface area (Å²) in [5.74, 6) is 2.37. The summed E-state index contributed by atoms with van der Waals surface area (Å²) in [6.07, 6.45) is 3.20. The van der Waals surface area contributed by atoms with E-state index in [2.05, 4.69) is 15.3 Å². The minimum Gasteiger partial charge on any atom is -0.453 e. The number of aromatic nitrogens is 2. The molecule has 0 fully saturated rings. The van der Waals surface area contributed by atoms with E-state index >= 15 is 0 Å². The summed E-state index contributed by atoms with van der Waals surface area (Å²) in [5.41, 5.74) is 0.464. The SMILES string of the molecule is COCCSc1cnc(Nc2ccc(C#N)cn2)c(Oc2ccc(F)cc2)c1. The normalized spacial score (nSPS) is 10.3. The zero-order valence-corrected chi connectivity index (χ0v) is 15.9. The molecule has 0 aliphatic heterocycles. The fourth-order valence-corrected chi connectivity index (χ4v) is 3.01. The Bertz CT molecular complexity index is 959. The molecule has 0 aliphatic rings. The summed E-state index contributed by atoms with van der Waals surface area (Å²) < 4.78 is 24.1. The summed E-state index contributed by atoms with van der Waals surface area (Å²) in [6, 6.07) is 13.0. The number of pyridine rings is 2. The third-order valence-corrected chi connectivity index (χ3v) is 4.49. The second kappa shape index (κ2) is 9.69. The smallest absolute Gasteiger partial charge is 0.175 e. The lowest BCUT2D eigenvalue weighted by molar-refractivity contribution is 0.218. The average Bonchev–Trinajstić information content (AvgIpc) is 2.72. The van der Waals surface area contributed by atoms with Gasteiger partial charge in [0.25, 0.3) is 0 Å². The van der Waals surface area contributed by atoms with Crippen LogP contribution in [0.4, 0.5) is 16.0 Å². The van der Waals surface area contributed by atoms with Crippen molar-refractivity contribution < 1.29 is 13.9 Å². The van der Waals surface area contributed by atoms with Gasteiger partial charge in [-0.1, -0.05) is 0 Å². The number of halogens is 1. The zero-order valence-electron chi connectivity index (χ0n) is 15.1. The minimum absolute atomic E-state index is 0.338. The van der Waals surface area contributed by atoms with Crippen LogP contribution in [0.3, 0.4) is 0 Å². The molecular formula is C20H17FN4O2S. The topological polar surface area (TPSA) is 80.1 Å². The summed E-state index contributed by atoms with van der Waals surface area (Å²) in [7, 11) is 1.65. The van der Waals surface area contributed by atoms with E-state index in [1.54, 1.807) is 49.3 Å². The van der Waals surface area contributed by atoms with Crippen LogP contribution in [0.2, 0.25) is 0 Å². The van der Waals surface area contributed by atoms with E-state index in [1.807, 2.05) is 12.1 Å². The standard InChI is InChI=1S/C20H17FN4O2S/c1-26-8-9-28-17-10-18(27-16-5-3-15(21)4-6-16)20(24-13-17)25-19-7-2-14(11-22)12-23-19/h2-7,10,12-13H,8-9H2,1H3,(H,23,24,25). The van der Waals surface area contributed by atoms with Crippen molar-refractivity contribution in [2.24, 2.45) is 0 Å². The molecule has 0 saturated heterocycles. The van der Waals surface area contributed by atoms with Gasteiger partial charge in [0.1, 0.15) is 23.5 Å². The Morgan fingerprint density at radius 1 is 1.14 bits per heavy atom. The molecule has 2 heterocycles. The van der Waals surface area contributed by atoms with E-state index in [-0.39, 0.29) is 5.82 Å². The van der Waals surface area contributed by atoms with Crippen molar-refractivity contribution in [3.8, 4) is 17.6 Å². The molecule has 6 nitrogen and oxygen atoms in total. The molecule has 0 atom stereocenters. The molecule has 2 aromatic heterocycles. The number of nitriles is 1. The van der Waals surface area contributed by atoms with Gasteiger partial charge < -0.3 is 14.8 Å². The van der Waals surface area contributed by atoms with Crippen molar-refractivity contribution in [3.63, 3.8) is 0 Å². The van der Waals surface area contributed by atoms with Crippen LogP contribution in [0.15, 0.2) is 59.8 Å². The number of hydrogen-bond acceptors (Lipinski definition) is 7. The number of methoxy groups -OCH3 is 1. The van der Waals surface area contributed by atoms with E-state index < -0.39 is 0 Å². The third kappa shape index (κ3) is 5.42. The van der Waals surface area contributed by atoms with E-state index in [4.69, 9.17) is 14.7 Å². The van der Waals surface area contributed by atoms with Crippen LogP contribution in [-0.2, 0) is 4.74 Å². The van der Waals surface area contributed by atoms with Crippen molar-refractivity contribution in [1.82, 2.24) is 9.97 Å². The quantitative estimate of drug-likeness (QED) is 0.434. The highest BCUT2D eigenvalue weighted by Crippen LogP contribution is 2.33. The van der Waals surface area contributed by atoms with Gasteiger partial charge in [0.05, 0.1) is 12.2 Å². The molecule has 28 heavy (non-hydrogen) atoms. The molecule has 3 rings (SSSR count). The second-order valence-corrected chi connectivity index (χ2v) is 6.75. The fraction of sp³-hybridized carbons (Fsp3) is 0.150. The molecular weight excluding hydrogens is 379 g/mol. The van der Waals surface area contributed by atoms with Crippen molar-refractivity contribution in [3.05, 3.63) is 66.2 Å². The number of hydrogen-bond donors (Lipinski definition) is 1. The van der Waals surface area contributed by atoms with Gasteiger partial charge in [0, 0.05) is 30.2 Å². The van der Waals surface area contributed by atoms with Gasteiger partial charge in [-0.2, -0.15) is 5.26 Å². The monoisotopic (exact) mass is 396 g/mol. The van der Waals surface area contributed by atoms with Crippen LogP contribution >= 0.6 is 11.8 Å². The van der Waals surface area contributed by atoms with E-state index in [1.165, 1.54) is 18.3 Å². The maximum absolute atomic E-state index is 13.2. The molecule has 3 aromatic rings. The summed E-state index contributed by atoms with van der Waals surface area (Å²) in [5, 5.41) is 12.0. The lowest BCUT2D eigenvalue weighted by Crippen LogP contribution is -2.00. The molecule has 1 aromatic carbocycles. The maximum Gasteiger partial charge on any atom is 0.175 e. The predicted molar refractivity (Wildman–Crippen MR) is 106 cm³/mol. The van der Waals surface area contributed by atoms with Gasteiger partial charge >= 0.3 is 0 Å². The van der Waals surface area contributed by atoms with Crippen LogP contribution in [0.5, 0.6) is 11.5 Å². The highest BCUT2D eigenvalue weighted by molar-refractivity contribution is 7.99. The zero-order chi connectivity index (χ0) is 19.8. The van der Waals surface area contributed by atoms with Crippen molar-refractivity contribution in [1.29, 1.82) is 5.26 Å². The maximum atomic E-state index is 13.2. The van der Waals surface area contributed by atoms with Crippen molar-refractivity contribution in [2.75, 3.05) is 24.8 Å². The summed E-state index contributed by atoms with van der Waals surface area (Å²) in [6.45, 7) is 0.619. The van der Waals surface area contributed by atoms with Gasteiger partial charge in [-0.05, 0) is 42.5 Å². The van der Waals surface area contributed by atoms with Crippen LogP contribution in [0, 0.1) is 17.1 Å². The molecule has 1 N–H and O–H groups in total. The first kappa shape index (κ1) is 19.6. The van der Waals surface area contributed by atoms with Gasteiger partial charge in [-0.25, -0.2) is 14.4 Å². The molecule has 0 unspecified atom stereocenters. The van der Waals surface area contributed by atoms with Crippen LogP contribution in [0.25, 0.3) is 0 Å². The predicted octanol–water partition coefficient (Wildman–Crippen LogP) is 4.76. The molecule has 0 bridgehead atoms. The third-order valence-electron chi connectivity index (χ3n) is 3.56. The van der Waals surface area contributed by atoms with Crippen molar-refractivity contribution >= 4 is 23.4 Å². The molecule has 0 spiro atoms. The summed E-state index contributed by atoms with van der Waals surface area (Å²) >= 11 is 1.59. The molecule has 0 saturated carbocycles. The van der Waals surface area contributed by atoms with Gasteiger partial charge in [0.15, 0.2) is 11.6 Å². The van der Waals surface area contributed by atoms with Gasteiger partial charge in [0.2, 0.25) is 0 Å². The van der Waals surface area contributed by atoms with Crippen LogP contribution in [0.1, 0.15) is 5.56 Å². The van der Waals surface area contributed by atoms with Crippen LogP contribution < -0.4 is 10.1 Å². The molecule has 142 valence electrons. The Kier molecular flexibility index (Phi) is 6.78. The highest BCUT2D eigenvalue weighted by atomic mass is 32.2. The molecule has 0 radical (unpaired) electrons. The molecule has 0 aliphatic carbocycles. The average molecular weight is 396 g/mol. The first-order valence-corrected chi connectivity index (χ1v) is 9.35. The Morgan fingerprint density at radius 3 is 2.64 bits per heavy atom. The Balaban J connectivity index is 1.85. The van der Waals surface area contributed by atoms with Gasteiger partial charge in [-0.3, -0.25) is 0 Å². The largest absolute Gasteiger partial charge is 0.453 e. The summed E-state index contributed by atoms with van der Waals surface area (Å²) in [4.78, 5) is 9.53. The van der Waals surface area contributed by atoms with Crippen molar-refractivity contribution in [2.45, 2.75) is 4.90 Å². The Hall–Kier alpha value is -3.15. The number of nitrogens with zero attached hydrogens (tertiary/aromatic N) is 3. The first-order valence-electron chi connectivity index (χ1n) is 8.36. The van der Waals surface area contributed by atoms with Gasteiger partial charge in [-0.15, -0.1) is 11.8 Å². The second-order valence-electron chi connectivity index (χ2n) is 5.58. The fourth-order valence-electron chi connectivity index (χ4n) is 2.20. The lowest BCUT2D eigenvalue weighted by Gasteiger charge is -2.13. The number of nitrogens with one attached hydrogen (secondary N) is 1. The van der Waals surface area contributed by atoms with E-state index in [9.17, 15) is 4.39 Å². The number of rotatable bonds is 8. The molecule has 0 amide bonds. The number of thioether (sulfide) groups is 1. The Labute approximate surface area is 166 Å². The lowest BCUT2D eigenvalue weighted by atomic mass is 10.3. The van der Waals surface area contributed by atoms with E-state index in [0.717, 1.165) is 10.6 Å². The minimum atomic E-state index is -0.338. The highest BCUT2D eigenvalue weighted by Gasteiger charge is 2.11. The molecule has 8 heteroatoms. The first-order chi connectivity index (χ1) is 13.7. The number of anilines is 2. The van der Waals surface area contributed by atoms with Crippen LogP contribution in [-0.4, -0.2) is 29.4 Å². The van der Waals surface area contributed by atoms with E-state index in [0.29, 0.717) is 35.3 Å². The number of ether oxygens (including phenoxy) is 2.